The molecular formula is C16H16N2O2. The van der Waals surface area contributed by atoms with Crippen molar-refractivity contribution in [1.82, 2.24) is 0 Å². The van der Waals surface area contributed by atoms with Crippen molar-refractivity contribution in [3.8, 4) is 5.75 Å². The van der Waals surface area contributed by atoms with E-state index in [0.717, 1.165) is 5.75 Å². The Morgan fingerprint density at radius 3 is 2.30 bits per heavy atom. The van der Waals surface area contributed by atoms with E-state index in [1.54, 1.807) is 56.6 Å². The molecule has 0 atom stereocenters. The maximum atomic E-state index is 12.5. The quantitative estimate of drug-likeness (QED) is 0.630. The highest BCUT2D eigenvalue weighted by molar-refractivity contribution is 6.06. The van der Waals surface area contributed by atoms with Crippen LogP contribution >= 0.6 is 0 Å². The van der Waals surface area contributed by atoms with Crippen molar-refractivity contribution >= 4 is 17.8 Å². The molecule has 4 heteroatoms. The summed E-state index contributed by atoms with van der Waals surface area (Å²) in [4.78, 5) is 12.5. The molecule has 0 aromatic heterocycles. The fourth-order valence-corrected chi connectivity index (χ4v) is 1.78. The van der Waals surface area contributed by atoms with E-state index < -0.39 is 0 Å². The van der Waals surface area contributed by atoms with Gasteiger partial charge in [0, 0.05) is 11.8 Å². The number of amides is 1. The number of rotatable bonds is 4. The topological polar surface area (TPSA) is 41.9 Å². The zero-order valence-corrected chi connectivity index (χ0v) is 11.5. The van der Waals surface area contributed by atoms with Crippen molar-refractivity contribution < 1.29 is 9.53 Å². The summed E-state index contributed by atoms with van der Waals surface area (Å²) in [5, 5.41) is 5.51. The molecular weight excluding hydrogens is 252 g/mol. The van der Waals surface area contributed by atoms with Crippen molar-refractivity contribution in [3.05, 3.63) is 60.2 Å². The molecule has 0 bridgehead atoms. The lowest BCUT2D eigenvalue weighted by Gasteiger charge is -2.17. The van der Waals surface area contributed by atoms with Crippen molar-refractivity contribution in [1.29, 1.82) is 0 Å². The van der Waals surface area contributed by atoms with Gasteiger partial charge in [0.15, 0.2) is 0 Å². The molecule has 0 saturated heterocycles. The van der Waals surface area contributed by atoms with Crippen molar-refractivity contribution in [2.75, 3.05) is 12.1 Å². The maximum absolute atomic E-state index is 12.5. The van der Waals surface area contributed by atoms with Crippen LogP contribution in [0.4, 0.5) is 5.69 Å². The minimum atomic E-state index is -0.172. The molecule has 20 heavy (non-hydrogen) atoms. The molecule has 0 aliphatic heterocycles. The number of carbonyl (C=O) groups excluding carboxylic acids is 1. The van der Waals surface area contributed by atoms with E-state index in [4.69, 9.17) is 4.74 Å². The van der Waals surface area contributed by atoms with E-state index >= 15 is 0 Å². The second-order valence-electron chi connectivity index (χ2n) is 4.05. The summed E-state index contributed by atoms with van der Waals surface area (Å²) in [6, 6.07) is 16.3. The van der Waals surface area contributed by atoms with Gasteiger partial charge in [-0.3, -0.25) is 4.79 Å². The number of nitrogens with zero attached hydrogens (tertiary/aromatic N) is 2. The monoisotopic (exact) mass is 268 g/mol. The summed E-state index contributed by atoms with van der Waals surface area (Å²) in [5.41, 5.74) is 1.28. The molecule has 4 nitrogen and oxygen atoms in total. The number of hydrogen-bond donors (Lipinski definition) is 0. The van der Waals surface area contributed by atoms with Crippen LogP contribution in [0.15, 0.2) is 59.7 Å². The number of anilines is 1. The van der Waals surface area contributed by atoms with Crippen LogP contribution < -0.4 is 9.75 Å². The van der Waals surface area contributed by atoms with Gasteiger partial charge in [-0.2, -0.15) is 10.1 Å². The van der Waals surface area contributed by atoms with Crippen LogP contribution in [0.25, 0.3) is 0 Å². The second-order valence-corrected chi connectivity index (χ2v) is 4.05. The molecule has 2 aromatic carbocycles. The van der Waals surface area contributed by atoms with Crippen LogP contribution in [0.2, 0.25) is 0 Å². The van der Waals surface area contributed by atoms with Crippen LogP contribution in [0.1, 0.15) is 17.3 Å². The highest BCUT2D eigenvalue weighted by Gasteiger charge is 2.16. The van der Waals surface area contributed by atoms with Crippen LogP contribution in [-0.2, 0) is 0 Å². The van der Waals surface area contributed by atoms with Gasteiger partial charge in [0.25, 0.3) is 5.91 Å². The molecule has 2 rings (SSSR count). The predicted octanol–water partition coefficient (Wildman–Crippen LogP) is 3.35. The highest BCUT2D eigenvalue weighted by Crippen LogP contribution is 2.21. The summed E-state index contributed by atoms with van der Waals surface area (Å²) >= 11 is 0. The Balaban J connectivity index is 2.33. The molecule has 0 fully saturated rings. The minimum absolute atomic E-state index is 0.172. The summed E-state index contributed by atoms with van der Waals surface area (Å²) in [7, 11) is 1.60. The predicted molar refractivity (Wildman–Crippen MR) is 80.4 cm³/mol. The van der Waals surface area contributed by atoms with Gasteiger partial charge in [0.05, 0.1) is 12.8 Å². The molecule has 0 aliphatic carbocycles. The maximum Gasteiger partial charge on any atom is 0.278 e. The largest absolute Gasteiger partial charge is 0.497 e. The van der Waals surface area contributed by atoms with Crippen molar-refractivity contribution in [2.24, 2.45) is 5.10 Å². The summed E-state index contributed by atoms with van der Waals surface area (Å²) < 4.78 is 5.11. The summed E-state index contributed by atoms with van der Waals surface area (Å²) in [6.45, 7) is 1.77. The van der Waals surface area contributed by atoms with Gasteiger partial charge in [-0.15, -0.1) is 0 Å². The van der Waals surface area contributed by atoms with Gasteiger partial charge in [0.1, 0.15) is 5.75 Å². The highest BCUT2D eigenvalue weighted by atomic mass is 16.5. The number of methoxy groups -OCH3 is 1. The van der Waals surface area contributed by atoms with Crippen molar-refractivity contribution in [2.45, 2.75) is 6.92 Å². The van der Waals surface area contributed by atoms with E-state index in [0.29, 0.717) is 11.3 Å². The lowest BCUT2D eigenvalue weighted by atomic mass is 10.2. The Labute approximate surface area is 118 Å². The molecule has 0 spiro atoms. The molecule has 0 heterocycles. The second kappa shape index (κ2) is 6.52. The first-order valence-electron chi connectivity index (χ1n) is 6.28. The van der Waals surface area contributed by atoms with Crippen LogP contribution in [0.5, 0.6) is 5.75 Å². The Bertz CT molecular complexity index is 592. The first kappa shape index (κ1) is 13.8. The third kappa shape index (κ3) is 3.03. The molecule has 0 N–H and O–H groups in total. The SMILES string of the molecule is C/C=N/N(C(=O)c1ccccc1)c1ccc(OC)cc1. The zero-order chi connectivity index (χ0) is 14.4. The van der Waals surface area contributed by atoms with Crippen LogP contribution in [0.3, 0.4) is 0 Å². The number of benzene rings is 2. The molecule has 1 amide bonds. The van der Waals surface area contributed by atoms with Crippen molar-refractivity contribution in [3.63, 3.8) is 0 Å². The van der Waals surface area contributed by atoms with E-state index in [-0.39, 0.29) is 5.91 Å². The minimum Gasteiger partial charge on any atom is -0.497 e. The lowest BCUT2D eigenvalue weighted by molar-refractivity contribution is 0.0988. The first-order valence-corrected chi connectivity index (χ1v) is 6.28. The summed E-state index contributed by atoms with van der Waals surface area (Å²) in [5.74, 6) is 0.565. The van der Waals surface area contributed by atoms with Crippen LogP contribution in [0, 0.1) is 0 Å². The smallest absolute Gasteiger partial charge is 0.278 e. The van der Waals surface area contributed by atoms with Gasteiger partial charge in [-0.05, 0) is 43.3 Å². The van der Waals surface area contributed by atoms with Gasteiger partial charge < -0.3 is 4.74 Å². The molecule has 102 valence electrons. The zero-order valence-electron chi connectivity index (χ0n) is 11.5. The number of ether oxygens (including phenoxy) is 1. The van der Waals surface area contributed by atoms with Gasteiger partial charge in [-0.1, -0.05) is 18.2 Å². The Morgan fingerprint density at radius 1 is 1.10 bits per heavy atom. The summed E-state index contributed by atoms with van der Waals surface area (Å²) in [6.07, 6.45) is 1.59. The third-order valence-corrected chi connectivity index (χ3v) is 2.76. The molecule has 0 unspecified atom stereocenters. The average molecular weight is 268 g/mol. The van der Waals surface area contributed by atoms with E-state index in [2.05, 4.69) is 5.10 Å². The van der Waals surface area contributed by atoms with Gasteiger partial charge >= 0.3 is 0 Å². The Kier molecular flexibility index (Phi) is 4.50. The average Bonchev–Trinajstić information content (AvgIpc) is 2.53. The fraction of sp³-hybridized carbons (Fsp3) is 0.125. The molecule has 2 aromatic rings. The Hall–Kier alpha value is -2.62. The van der Waals surface area contributed by atoms with Gasteiger partial charge in [-0.25, -0.2) is 0 Å². The van der Waals surface area contributed by atoms with E-state index in [9.17, 15) is 4.79 Å². The standard InChI is InChI=1S/C16H16N2O2/c1-3-17-18(14-9-11-15(20-2)12-10-14)16(19)13-7-5-4-6-8-13/h3-12H,1-2H3/b17-3+. The molecule has 0 radical (unpaired) electrons. The first-order chi connectivity index (χ1) is 9.76. The third-order valence-electron chi connectivity index (χ3n) is 2.76. The normalized spacial score (nSPS) is 10.5. The fourth-order valence-electron chi connectivity index (χ4n) is 1.78. The lowest BCUT2D eigenvalue weighted by Crippen LogP contribution is -2.25. The number of hydrogen-bond acceptors (Lipinski definition) is 3. The van der Waals surface area contributed by atoms with Crippen LogP contribution in [-0.4, -0.2) is 19.2 Å². The molecule has 0 aliphatic rings. The Morgan fingerprint density at radius 2 is 1.75 bits per heavy atom. The van der Waals surface area contributed by atoms with Gasteiger partial charge in [0.2, 0.25) is 0 Å². The van der Waals surface area contributed by atoms with E-state index in [1.165, 1.54) is 5.01 Å². The number of hydrazone groups is 1. The molecule has 0 saturated carbocycles. The number of carbonyl (C=O) groups is 1. The van der Waals surface area contributed by atoms with E-state index in [1.807, 2.05) is 18.2 Å².